The number of benzene rings is 20. The Balaban J connectivity index is 0.000000119. The molecule has 1 fully saturated rings. The molecule has 130 heavy (non-hydrogen) atoms. The second-order valence-corrected chi connectivity index (χ2v) is 35.3. The number of aromatic nitrogens is 8. The summed E-state index contributed by atoms with van der Waals surface area (Å²) in [6.07, 6.45) is 7.61. The van der Waals surface area contributed by atoms with Gasteiger partial charge in [0.1, 0.15) is 0 Å². The molecule has 0 amide bonds. The summed E-state index contributed by atoms with van der Waals surface area (Å²) < 4.78 is 13.7. The summed E-state index contributed by atoms with van der Waals surface area (Å²) >= 11 is 3.57. The molecule has 0 unspecified atom stereocenters. The van der Waals surface area contributed by atoms with Gasteiger partial charge in [0.25, 0.3) is 0 Å². The predicted molar refractivity (Wildman–Crippen MR) is 544 cm³/mol. The van der Waals surface area contributed by atoms with Crippen molar-refractivity contribution in [2.24, 2.45) is 0 Å². The van der Waals surface area contributed by atoms with Crippen LogP contribution in [0, 0.1) is 0 Å². The van der Waals surface area contributed by atoms with Gasteiger partial charge in [-0.25, -0.2) is 19.9 Å². The topological polar surface area (TPSA) is 122 Å². The van der Waals surface area contributed by atoms with E-state index >= 15 is 0 Å². The first kappa shape index (κ1) is 79.0. The van der Waals surface area contributed by atoms with Gasteiger partial charge < -0.3 is 9.31 Å². The van der Waals surface area contributed by atoms with Crippen molar-refractivity contribution in [2.75, 3.05) is 0 Å². The third kappa shape index (κ3) is 14.4. The van der Waals surface area contributed by atoms with Crippen LogP contribution in [0.4, 0.5) is 0 Å². The molecule has 24 aromatic rings. The van der Waals surface area contributed by atoms with Crippen LogP contribution >= 0.6 is 15.9 Å². The van der Waals surface area contributed by atoms with E-state index in [1.807, 2.05) is 30.9 Å². The highest BCUT2D eigenvalue weighted by atomic mass is 79.9. The van der Waals surface area contributed by atoms with Crippen LogP contribution in [0.5, 0.6) is 0 Å². The molecular weight excluding hydrogens is 1650 g/mol. The van der Waals surface area contributed by atoms with E-state index < -0.39 is 7.12 Å². The number of hydrogen-bond donors (Lipinski definition) is 0. The maximum atomic E-state index is 6.30. The number of hydrogen-bond acceptors (Lipinski definition) is 10. The molecule has 0 aliphatic carbocycles. The van der Waals surface area contributed by atoms with Crippen LogP contribution in [0.1, 0.15) is 27.7 Å². The van der Waals surface area contributed by atoms with Gasteiger partial charge in [0.05, 0.1) is 103 Å². The largest absolute Gasteiger partial charge is 0.494 e. The van der Waals surface area contributed by atoms with E-state index in [1.165, 1.54) is 48.7 Å². The number of nitrogens with zero attached hydrogens (tertiary/aromatic N) is 8. The number of rotatable bonds is 10. The summed E-state index contributed by atoms with van der Waals surface area (Å²) in [4.78, 5) is 40.6. The Hall–Kier alpha value is -15.7. The van der Waals surface area contributed by atoms with Gasteiger partial charge in [0, 0.05) is 69.8 Å². The van der Waals surface area contributed by atoms with Crippen molar-refractivity contribution in [1.82, 2.24) is 39.9 Å². The lowest BCUT2D eigenvalue weighted by Crippen LogP contribution is -2.41. The quantitative estimate of drug-likeness (QED) is 0.0966. The molecule has 20 aromatic carbocycles. The first-order chi connectivity index (χ1) is 63.8. The minimum atomic E-state index is -0.396. The zero-order valence-corrected chi connectivity index (χ0v) is 73.2. The molecule has 0 atom stereocenters. The van der Waals surface area contributed by atoms with Crippen LogP contribution in [-0.4, -0.2) is 58.2 Å². The molecule has 614 valence electrons. The highest BCUT2D eigenvalue weighted by molar-refractivity contribution is 9.10. The second-order valence-electron chi connectivity index (χ2n) is 34.4. The molecule has 0 bridgehead atoms. The molecule has 0 saturated carbocycles. The van der Waals surface area contributed by atoms with Crippen molar-refractivity contribution in [3.05, 3.63) is 418 Å². The summed E-state index contributed by atoms with van der Waals surface area (Å²) in [5, 5.41) is 18.6. The maximum Gasteiger partial charge on any atom is 0.494 e. The summed E-state index contributed by atoms with van der Waals surface area (Å²) in [5.74, 6) is 0. The van der Waals surface area contributed by atoms with E-state index in [0.29, 0.717) is 0 Å². The fraction of sp³-hybridized carbons (Fsp3) is 0.0508. The SMILES string of the molecule is Brc1cccc(-c2cccc(-c3cnc4c5ccccc5c5ccccc5c4n3)c2)c1.CC1(C)OB(c2cccc(-c3cccc(-c4cnc5c6ccccc6c6ccccc6c5n4)c3)c2)OC1(C)C.c1cc(-c2cccc(-c3cccc(-c4cnc5c6ccccc6c6ccccc6c5n4)c3)c2)cc(-c2cccc(-c3cnc4c5ccccc5c5ccccc5c4n3)c2)c1. The van der Waals surface area contributed by atoms with E-state index in [1.54, 1.807) is 0 Å². The smallest absolute Gasteiger partial charge is 0.399 e. The van der Waals surface area contributed by atoms with Crippen LogP contribution in [0.15, 0.2) is 418 Å². The Morgan fingerprint density at radius 1 is 0.192 bits per heavy atom. The van der Waals surface area contributed by atoms with Crippen LogP contribution in [0.25, 0.3) is 231 Å². The van der Waals surface area contributed by atoms with Crippen LogP contribution in [0.2, 0.25) is 0 Å². The van der Waals surface area contributed by atoms with Gasteiger partial charge in [-0.1, -0.05) is 356 Å². The lowest BCUT2D eigenvalue weighted by Gasteiger charge is -2.32. The fourth-order valence-corrected chi connectivity index (χ4v) is 19.1. The van der Waals surface area contributed by atoms with E-state index in [4.69, 9.17) is 49.2 Å². The van der Waals surface area contributed by atoms with Crippen LogP contribution in [-0.2, 0) is 9.31 Å². The van der Waals surface area contributed by atoms with E-state index in [9.17, 15) is 0 Å². The van der Waals surface area contributed by atoms with E-state index in [0.717, 1.165) is 192 Å². The van der Waals surface area contributed by atoms with Crippen LogP contribution in [0.3, 0.4) is 0 Å². The molecular formula is C118H80BBrN8O2. The summed E-state index contributed by atoms with van der Waals surface area (Å²) in [6.45, 7) is 8.32. The molecule has 5 heterocycles. The Bertz CT molecular complexity index is 8320. The average Bonchev–Trinajstić information content (AvgIpc) is 1.22. The maximum absolute atomic E-state index is 6.30. The van der Waals surface area contributed by atoms with E-state index in [-0.39, 0.29) is 11.2 Å². The lowest BCUT2D eigenvalue weighted by molar-refractivity contribution is 0.00578. The van der Waals surface area contributed by atoms with Crippen molar-refractivity contribution in [2.45, 2.75) is 38.9 Å². The van der Waals surface area contributed by atoms with Crippen LogP contribution < -0.4 is 5.46 Å². The summed E-state index contributed by atoms with van der Waals surface area (Å²) in [6, 6.07) is 136. The fourth-order valence-electron chi connectivity index (χ4n) is 18.7. The minimum Gasteiger partial charge on any atom is -0.399 e. The zero-order chi connectivity index (χ0) is 87.1. The molecule has 25 rings (SSSR count). The third-order valence-corrected chi connectivity index (χ3v) is 26.5. The Morgan fingerprint density at radius 3 is 0.615 bits per heavy atom. The second kappa shape index (κ2) is 32.6. The van der Waals surface area contributed by atoms with Crippen molar-refractivity contribution in [3.8, 4) is 101 Å². The van der Waals surface area contributed by atoms with Gasteiger partial charge in [-0.2, -0.15) is 0 Å². The van der Waals surface area contributed by atoms with Crippen molar-refractivity contribution >= 4 is 159 Å². The molecule has 0 radical (unpaired) electrons. The molecule has 1 saturated heterocycles. The Labute approximate surface area is 759 Å². The number of fused-ring (bicyclic) bond motifs is 24. The monoisotopic (exact) mass is 1730 g/mol. The lowest BCUT2D eigenvalue weighted by atomic mass is 9.78. The molecule has 12 heteroatoms. The highest BCUT2D eigenvalue weighted by Crippen LogP contribution is 2.44. The third-order valence-electron chi connectivity index (χ3n) is 26.0. The minimum absolute atomic E-state index is 0.377. The predicted octanol–water partition coefficient (Wildman–Crippen LogP) is 30.1. The van der Waals surface area contributed by atoms with Gasteiger partial charge >= 0.3 is 7.12 Å². The summed E-state index contributed by atoms with van der Waals surface area (Å²) in [5.41, 5.74) is 26.7. The molecule has 10 nitrogen and oxygen atoms in total. The van der Waals surface area contributed by atoms with Crippen molar-refractivity contribution in [3.63, 3.8) is 0 Å². The number of halogens is 1. The standard InChI is InChI=1S/C56H34N4.C34H29BN2O2.C28H17BrN2/c1-5-25-47-43(21-1)45-23-3-7-27-49(45)55-53(47)57-33-51(59-55)41-19-11-17-39(31-41)37-15-9-13-35(29-37)36-14-10-16-38(30-36)40-18-12-20-42(32-40)52-34-58-54-48-26-6-2-22-44(48)46-24-4-8-28-50(46)56(54)60-52;1-33(2)34(3,4)39-35(38-33)25-14-10-12-23(20-25)22-11-9-13-24(19-22)30-21-36-31-28-17-7-5-15-26(28)27-16-6-8-18-29(27)32(31)37-30;29-21-10-6-8-19(16-21)18-7-5-9-20(15-18)26-17-30-27-24-13-3-1-11-22(24)23-12-2-4-14-25(23)28(27)31-26/h1-34H;5-21H,1-4H3;1-17H. The molecule has 0 N–H and O–H groups in total. The van der Waals surface area contributed by atoms with E-state index in [2.05, 4.69) is 426 Å². The van der Waals surface area contributed by atoms with Gasteiger partial charge in [-0.15, -0.1) is 0 Å². The molecule has 1 aliphatic rings. The van der Waals surface area contributed by atoms with Gasteiger partial charge in [-0.05, 0) is 180 Å². The summed E-state index contributed by atoms with van der Waals surface area (Å²) in [7, 11) is -0.396. The van der Waals surface area contributed by atoms with Gasteiger partial charge in [-0.3, -0.25) is 19.9 Å². The molecule has 4 aromatic heterocycles. The van der Waals surface area contributed by atoms with Crippen molar-refractivity contribution < 1.29 is 9.31 Å². The normalized spacial score (nSPS) is 13.0. The highest BCUT2D eigenvalue weighted by Gasteiger charge is 2.52. The first-order valence-corrected chi connectivity index (χ1v) is 44.7. The van der Waals surface area contributed by atoms with Gasteiger partial charge in [0.15, 0.2) is 0 Å². The molecule has 0 spiro atoms. The van der Waals surface area contributed by atoms with Crippen molar-refractivity contribution in [1.29, 1.82) is 0 Å². The average molecular weight is 1730 g/mol. The Morgan fingerprint density at radius 2 is 0.377 bits per heavy atom. The zero-order valence-electron chi connectivity index (χ0n) is 71.6. The Kier molecular flexibility index (Phi) is 19.8. The molecule has 1 aliphatic heterocycles. The van der Waals surface area contributed by atoms with Gasteiger partial charge in [0.2, 0.25) is 0 Å². The first-order valence-electron chi connectivity index (χ1n) is 43.9.